The molecular formula is C27H24O8. The van der Waals surface area contributed by atoms with Crippen molar-refractivity contribution in [1.29, 1.82) is 0 Å². The summed E-state index contributed by atoms with van der Waals surface area (Å²) in [4.78, 5) is 25.8. The third-order valence-electron chi connectivity index (χ3n) is 5.53. The fourth-order valence-electron chi connectivity index (χ4n) is 3.72. The molecule has 180 valence electrons. The molecule has 0 spiro atoms. The molecule has 0 aromatic heterocycles. The van der Waals surface area contributed by atoms with E-state index >= 15 is 0 Å². The summed E-state index contributed by atoms with van der Waals surface area (Å²) in [5.74, 6) is 1.57. The standard InChI is InChI=1S/C27H24O8/c1-15-20(35-27(29)17-13-22(31-3)26(33-5)23(14-17)32-4)10-9-19-24(28)21(34-25(15)19)12-16-7-6-8-18(11-16)30-2/h6-14H,1-5H3/b21-12-. The Hall–Kier alpha value is -4.46. The van der Waals surface area contributed by atoms with Crippen LogP contribution in [0.4, 0.5) is 0 Å². The van der Waals surface area contributed by atoms with Crippen LogP contribution >= 0.6 is 0 Å². The normalized spacial score (nSPS) is 13.2. The number of carbonyl (C=O) groups excluding carboxylic acids is 2. The van der Waals surface area contributed by atoms with Gasteiger partial charge in [0.05, 0.1) is 39.6 Å². The number of carbonyl (C=O) groups is 2. The number of hydrogen-bond acceptors (Lipinski definition) is 8. The Bertz CT molecular complexity index is 1310. The molecule has 0 N–H and O–H groups in total. The van der Waals surface area contributed by atoms with Crippen molar-refractivity contribution in [2.75, 3.05) is 28.4 Å². The summed E-state index contributed by atoms with van der Waals surface area (Å²) < 4.78 is 32.7. The number of methoxy groups -OCH3 is 4. The molecule has 1 heterocycles. The van der Waals surface area contributed by atoms with Crippen molar-refractivity contribution in [3.63, 3.8) is 0 Å². The number of hydrogen-bond donors (Lipinski definition) is 0. The first-order chi connectivity index (χ1) is 16.9. The summed E-state index contributed by atoms with van der Waals surface area (Å²) in [5, 5.41) is 0. The number of ketones is 1. The van der Waals surface area contributed by atoms with Crippen LogP contribution < -0.4 is 28.4 Å². The molecule has 3 aromatic carbocycles. The minimum Gasteiger partial charge on any atom is -0.497 e. The maximum absolute atomic E-state index is 12.9. The van der Waals surface area contributed by atoms with E-state index in [4.69, 9.17) is 28.4 Å². The van der Waals surface area contributed by atoms with Gasteiger partial charge in [0.15, 0.2) is 17.3 Å². The van der Waals surface area contributed by atoms with E-state index in [0.717, 1.165) is 5.56 Å². The molecule has 0 unspecified atom stereocenters. The second-order valence-electron chi connectivity index (χ2n) is 7.59. The molecule has 1 aliphatic rings. The molecule has 0 fully saturated rings. The molecular weight excluding hydrogens is 452 g/mol. The summed E-state index contributed by atoms with van der Waals surface area (Å²) in [5.41, 5.74) is 1.87. The fourth-order valence-corrected chi connectivity index (χ4v) is 3.72. The van der Waals surface area contributed by atoms with Crippen molar-refractivity contribution in [2.45, 2.75) is 6.92 Å². The second-order valence-corrected chi connectivity index (χ2v) is 7.59. The van der Waals surface area contributed by atoms with Gasteiger partial charge in [-0.2, -0.15) is 0 Å². The lowest BCUT2D eigenvalue weighted by Crippen LogP contribution is -2.10. The first-order valence-electron chi connectivity index (χ1n) is 10.6. The zero-order chi connectivity index (χ0) is 25.1. The Morgan fingerprint density at radius 1 is 0.857 bits per heavy atom. The van der Waals surface area contributed by atoms with E-state index in [1.165, 1.54) is 33.5 Å². The molecule has 0 aliphatic carbocycles. The van der Waals surface area contributed by atoms with Gasteiger partial charge in [-0.05, 0) is 55.0 Å². The van der Waals surface area contributed by atoms with Crippen LogP contribution in [0.2, 0.25) is 0 Å². The van der Waals surface area contributed by atoms with Gasteiger partial charge in [0.2, 0.25) is 11.5 Å². The van der Waals surface area contributed by atoms with Crippen molar-refractivity contribution < 1.29 is 38.0 Å². The monoisotopic (exact) mass is 476 g/mol. The summed E-state index contributed by atoms with van der Waals surface area (Å²) in [6.45, 7) is 1.72. The van der Waals surface area contributed by atoms with E-state index in [0.29, 0.717) is 39.9 Å². The van der Waals surface area contributed by atoms with Crippen LogP contribution in [-0.4, -0.2) is 40.2 Å². The highest BCUT2D eigenvalue weighted by Gasteiger charge is 2.31. The SMILES string of the molecule is COc1cccc(/C=C2\Oc3c(ccc(OC(=O)c4cc(OC)c(OC)c(OC)c4)c3C)C2=O)c1. The van der Waals surface area contributed by atoms with E-state index in [1.54, 1.807) is 38.3 Å². The largest absolute Gasteiger partial charge is 0.497 e. The molecule has 0 radical (unpaired) electrons. The minimum absolute atomic E-state index is 0.171. The summed E-state index contributed by atoms with van der Waals surface area (Å²) >= 11 is 0. The topological polar surface area (TPSA) is 89.5 Å². The smallest absolute Gasteiger partial charge is 0.343 e. The average molecular weight is 476 g/mol. The van der Waals surface area contributed by atoms with Gasteiger partial charge < -0.3 is 28.4 Å². The number of rotatable bonds is 7. The number of benzene rings is 3. The zero-order valence-corrected chi connectivity index (χ0v) is 20.0. The molecule has 0 saturated carbocycles. The third-order valence-corrected chi connectivity index (χ3v) is 5.53. The van der Waals surface area contributed by atoms with E-state index in [2.05, 4.69) is 0 Å². The Kier molecular flexibility index (Phi) is 6.64. The number of ether oxygens (including phenoxy) is 6. The highest BCUT2D eigenvalue weighted by Crippen LogP contribution is 2.41. The predicted molar refractivity (Wildman–Crippen MR) is 128 cm³/mol. The number of allylic oxidation sites excluding steroid dienone is 1. The van der Waals surface area contributed by atoms with Crippen LogP contribution in [0.15, 0.2) is 54.3 Å². The molecule has 0 saturated heterocycles. The minimum atomic E-state index is -0.635. The molecule has 1 aliphatic heterocycles. The zero-order valence-electron chi connectivity index (χ0n) is 20.0. The van der Waals surface area contributed by atoms with Crippen molar-refractivity contribution in [2.24, 2.45) is 0 Å². The Labute approximate surface area is 202 Å². The van der Waals surface area contributed by atoms with Gasteiger partial charge in [-0.1, -0.05) is 12.1 Å². The maximum atomic E-state index is 12.9. The molecule has 0 atom stereocenters. The molecule has 8 nitrogen and oxygen atoms in total. The van der Waals surface area contributed by atoms with Crippen molar-refractivity contribution in [3.8, 4) is 34.5 Å². The lowest BCUT2D eigenvalue weighted by Gasteiger charge is -2.14. The molecule has 8 heteroatoms. The predicted octanol–water partition coefficient (Wildman–Crippen LogP) is 4.86. The van der Waals surface area contributed by atoms with Gasteiger partial charge in [-0.25, -0.2) is 4.79 Å². The van der Waals surface area contributed by atoms with Gasteiger partial charge in [-0.3, -0.25) is 4.79 Å². The Morgan fingerprint density at radius 2 is 1.57 bits per heavy atom. The van der Waals surface area contributed by atoms with E-state index in [1.807, 2.05) is 18.2 Å². The van der Waals surface area contributed by atoms with E-state index < -0.39 is 5.97 Å². The van der Waals surface area contributed by atoms with Crippen molar-refractivity contribution in [1.82, 2.24) is 0 Å². The fraction of sp³-hybridized carbons (Fsp3) is 0.185. The molecule has 3 aromatic rings. The van der Waals surface area contributed by atoms with Crippen LogP contribution in [-0.2, 0) is 0 Å². The highest BCUT2D eigenvalue weighted by molar-refractivity contribution is 6.15. The average Bonchev–Trinajstić information content (AvgIpc) is 3.20. The van der Waals surface area contributed by atoms with Gasteiger partial charge in [0.25, 0.3) is 0 Å². The number of fused-ring (bicyclic) bond motifs is 1. The lowest BCUT2D eigenvalue weighted by molar-refractivity contribution is 0.0732. The van der Waals surface area contributed by atoms with E-state index in [-0.39, 0.29) is 22.9 Å². The molecule has 35 heavy (non-hydrogen) atoms. The summed E-state index contributed by atoms with van der Waals surface area (Å²) in [6.07, 6.45) is 1.64. The van der Waals surface area contributed by atoms with Crippen LogP contribution in [0, 0.1) is 6.92 Å². The van der Waals surface area contributed by atoms with Gasteiger partial charge in [-0.15, -0.1) is 0 Å². The van der Waals surface area contributed by atoms with Gasteiger partial charge >= 0.3 is 5.97 Å². The molecule has 0 amide bonds. The molecule has 4 rings (SSSR count). The van der Waals surface area contributed by atoms with Gasteiger partial charge in [0, 0.05) is 5.56 Å². The first kappa shape index (κ1) is 23.7. The Balaban J connectivity index is 1.61. The lowest BCUT2D eigenvalue weighted by atomic mass is 10.1. The van der Waals surface area contributed by atoms with Crippen molar-refractivity contribution >= 4 is 17.8 Å². The van der Waals surface area contributed by atoms with Gasteiger partial charge in [0.1, 0.15) is 17.2 Å². The summed E-state index contributed by atoms with van der Waals surface area (Å²) in [6, 6.07) is 13.4. The van der Waals surface area contributed by atoms with E-state index in [9.17, 15) is 9.59 Å². The maximum Gasteiger partial charge on any atom is 0.343 e. The first-order valence-corrected chi connectivity index (χ1v) is 10.6. The second kappa shape index (κ2) is 9.80. The van der Waals surface area contributed by atoms with Crippen LogP contribution in [0.3, 0.4) is 0 Å². The van der Waals surface area contributed by atoms with Crippen LogP contribution in [0.5, 0.6) is 34.5 Å². The van der Waals surface area contributed by atoms with Crippen molar-refractivity contribution in [3.05, 3.63) is 76.5 Å². The quantitative estimate of drug-likeness (QED) is 0.271. The summed E-state index contributed by atoms with van der Waals surface area (Å²) in [7, 11) is 5.97. The number of Topliss-reactive ketones (excluding diaryl/α,β-unsaturated/α-hetero) is 1. The highest BCUT2D eigenvalue weighted by atomic mass is 16.5. The third kappa shape index (κ3) is 4.50. The van der Waals surface area contributed by atoms with Crippen LogP contribution in [0.25, 0.3) is 6.08 Å². The Morgan fingerprint density at radius 3 is 2.20 bits per heavy atom. The van der Waals surface area contributed by atoms with Crippen LogP contribution in [0.1, 0.15) is 31.8 Å². The molecule has 0 bridgehead atoms. The number of esters is 1.